The number of esters is 1. The molecule has 1 saturated heterocycles. The van der Waals surface area contributed by atoms with Crippen LogP contribution < -0.4 is 4.90 Å². The van der Waals surface area contributed by atoms with Crippen molar-refractivity contribution in [1.82, 2.24) is 0 Å². The van der Waals surface area contributed by atoms with Gasteiger partial charge in [-0.3, -0.25) is 4.79 Å². The molecule has 118 valence electrons. The number of methoxy groups -OCH3 is 1. The lowest BCUT2D eigenvalue weighted by Crippen LogP contribution is -2.49. The van der Waals surface area contributed by atoms with Crippen molar-refractivity contribution in [3.05, 3.63) is 65.7 Å². The summed E-state index contributed by atoms with van der Waals surface area (Å²) >= 11 is 0. The van der Waals surface area contributed by atoms with E-state index in [1.165, 1.54) is 18.4 Å². The average Bonchev–Trinajstić information content (AvgIpc) is 3.18. The van der Waals surface area contributed by atoms with Crippen LogP contribution in [-0.2, 0) is 21.4 Å². The van der Waals surface area contributed by atoms with Gasteiger partial charge in [-0.1, -0.05) is 48.5 Å². The first kappa shape index (κ1) is 14.3. The van der Waals surface area contributed by atoms with Crippen molar-refractivity contribution in [2.45, 2.75) is 30.7 Å². The quantitative estimate of drug-likeness (QED) is 0.815. The zero-order chi connectivity index (χ0) is 15.9. The number of benzene rings is 2. The molecule has 2 heterocycles. The second-order valence-electron chi connectivity index (χ2n) is 6.49. The van der Waals surface area contributed by atoms with Gasteiger partial charge in [-0.2, -0.15) is 0 Å². The molecule has 2 aliphatic heterocycles. The van der Waals surface area contributed by atoms with E-state index < -0.39 is 5.41 Å². The highest BCUT2D eigenvalue weighted by atomic mass is 16.5. The maximum absolute atomic E-state index is 13.0. The Hall–Kier alpha value is -2.29. The molecule has 0 N–H and O–H groups in total. The summed E-state index contributed by atoms with van der Waals surface area (Å²) in [7, 11) is 1.51. The minimum Gasteiger partial charge on any atom is -0.468 e. The van der Waals surface area contributed by atoms with Crippen LogP contribution in [0.25, 0.3) is 0 Å². The lowest BCUT2D eigenvalue weighted by atomic mass is 9.71. The molecule has 4 rings (SSSR count). The lowest BCUT2D eigenvalue weighted by molar-refractivity contribution is -0.148. The third kappa shape index (κ3) is 1.99. The molecule has 2 atom stereocenters. The van der Waals surface area contributed by atoms with E-state index in [-0.39, 0.29) is 12.0 Å². The summed E-state index contributed by atoms with van der Waals surface area (Å²) in [6.07, 6.45) is 2.86. The fourth-order valence-corrected chi connectivity index (χ4v) is 4.48. The van der Waals surface area contributed by atoms with Crippen molar-refractivity contribution in [1.29, 1.82) is 0 Å². The van der Waals surface area contributed by atoms with Crippen LogP contribution in [0, 0.1) is 0 Å². The lowest BCUT2D eigenvalue weighted by Gasteiger charge is -2.33. The van der Waals surface area contributed by atoms with Crippen LogP contribution in [0.4, 0.5) is 5.69 Å². The van der Waals surface area contributed by atoms with Gasteiger partial charge in [0.15, 0.2) is 0 Å². The van der Waals surface area contributed by atoms with Gasteiger partial charge in [0.25, 0.3) is 0 Å². The molecular formula is C20H21NO2. The van der Waals surface area contributed by atoms with Gasteiger partial charge in [0.2, 0.25) is 0 Å². The van der Waals surface area contributed by atoms with E-state index >= 15 is 0 Å². The smallest absolute Gasteiger partial charge is 0.318 e. The van der Waals surface area contributed by atoms with Crippen LogP contribution in [-0.4, -0.2) is 25.7 Å². The van der Waals surface area contributed by atoms with E-state index in [4.69, 9.17) is 4.74 Å². The molecule has 0 radical (unpaired) electrons. The van der Waals surface area contributed by atoms with E-state index in [1.54, 1.807) is 0 Å². The molecule has 0 saturated carbocycles. The van der Waals surface area contributed by atoms with Gasteiger partial charge >= 0.3 is 5.97 Å². The molecule has 3 heteroatoms. The van der Waals surface area contributed by atoms with Gasteiger partial charge in [0.1, 0.15) is 5.41 Å². The zero-order valence-electron chi connectivity index (χ0n) is 13.4. The van der Waals surface area contributed by atoms with Crippen molar-refractivity contribution < 1.29 is 9.53 Å². The third-order valence-electron chi connectivity index (χ3n) is 5.39. The Balaban J connectivity index is 1.89. The van der Waals surface area contributed by atoms with Crippen molar-refractivity contribution in [2.24, 2.45) is 0 Å². The fraction of sp³-hybridized carbons (Fsp3) is 0.350. The molecule has 0 aliphatic carbocycles. The number of fused-ring (bicyclic) bond motifs is 3. The second kappa shape index (κ2) is 5.41. The molecule has 23 heavy (non-hydrogen) atoms. The molecule has 2 aromatic carbocycles. The molecule has 0 bridgehead atoms. The Morgan fingerprint density at radius 2 is 1.91 bits per heavy atom. The molecule has 0 unspecified atom stereocenters. The maximum atomic E-state index is 13.0. The summed E-state index contributed by atoms with van der Waals surface area (Å²) in [6.45, 7) is 1.02. The highest BCUT2D eigenvalue weighted by molar-refractivity contribution is 5.91. The number of para-hydroxylation sites is 1. The van der Waals surface area contributed by atoms with Gasteiger partial charge in [0.05, 0.1) is 7.11 Å². The number of rotatable bonds is 3. The van der Waals surface area contributed by atoms with E-state index in [9.17, 15) is 4.79 Å². The van der Waals surface area contributed by atoms with Crippen LogP contribution >= 0.6 is 0 Å². The highest BCUT2D eigenvalue weighted by Gasteiger charge is 2.57. The molecule has 0 spiro atoms. The number of ether oxygens (including phenoxy) is 1. The van der Waals surface area contributed by atoms with E-state index in [0.29, 0.717) is 6.42 Å². The molecule has 3 nitrogen and oxygen atoms in total. The van der Waals surface area contributed by atoms with Crippen molar-refractivity contribution in [3.8, 4) is 0 Å². The Bertz CT molecular complexity index is 727. The molecular weight excluding hydrogens is 286 g/mol. The number of nitrogens with zero attached hydrogens (tertiary/aromatic N) is 1. The predicted octanol–water partition coefficient (Wildman–Crippen LogP) is 3.32. The van der Waals surface area contributed by atoms with E-state index in [0.717, 1.165) is 24.9 Å². The average molecular weight is 307 g/mol. The van der Waals surface area contributed by atoms with Crippen molar-refractivity contribution in [3.63, 3.8) is 0 Å². The predicted molar refractivity (Wildman–Crippen MR) is 90.7 cm³/mol. The van der Waals surface area contributed by atoms with E-state index in [2.05, 4.69) is 35.2 Å². The Morgan fingerprint density at radius 3 is 2.70 bits per heavy atom. The topological polar surface area (TPSA) is 29.5 Å². The largest absolute Gasteiger partial charge is 0.468 e. The SMILES string of the molecule is COC(=O)[C@]1(Cc2ccccc2)c2ccccc2N2CCC[C@H]21. The summed E-state index contributed by atoms with van der Waals surface area (Å²) in [5.41, 5.74) is 2.92. The summed E-state index contributed by atoms with van der Waals surface area (Å²) in [6, 6.07) is 18.8. The normalized spacial score (nSPS) is 25.1. The van der Waals surface area contributed by atoms with Gasteiger partial charge < -0.3 is 9.64 Å². The fourth-order valence-electron chi connectivity index (χ4n) is 4.48. The summed E-state index contributed by atoms with van der Waals surface area (Å²) in [5, 5.41) is 0. The second-order valence-corrected chi connectivity index (χ2v) is 6.49. The number of hydrogen-bond donors (Lipinski definition) is 0. The number of carbonyl (C=O) groups excluding carboxylic acids is 1. The van der Waals surface area contributed by atoms with Crippen molar-refractivity contribution in [2.75, 3.05) is 18.6 Å². The number of hydrogen-bond acceptors (Lipinski definition) is 3. The summed E-state index contributed by atoms with van der Waals surface area (Å²) < 4.78 is 5.31. The van der Waals surface area contributed by atoms with Crippen LogP contribution in [0.2, 0.25) is 0 Å². The molecule has 0 aromatic heterocycles. The van der Waals surface area contributed by atoms with Gasteiger partial charge in [0, 0.05) is 18.3 Å². The molecule has 2 aliphatic rings. The first-order valence-electron chi connectivity index (χ1n) is 8.26. The Kier molecular flexibility index (Phi) is 3.37. The van der Waals surface area contributed by atoms with Gasteiger partial charge in [-0.05, 0) is 36.5 Å². The Morgan fingerprint density at radius 1 is 1.17 bits per heavy atom. The van der Waals surface area contributed by atoms with Gasteiger partial charge in [-0.15, -0.1) is 0 Å². The summed E-state index contributed by atoms with van der Waals surface area (Å²) in [4.78, 5) is 15.4. The zero-order valence-corrected chi connectivity index (χ0v) is 13.4. The van der Waals surface area contributed by atoms with Crippen LogP contribution in [0.3, 0.4) is 0 Å². The summed E-state index contributed by atoms with van der Waals surface area (Å²) in [5.74, 6) is -0.108. The third-order valence-corrected chi connectivity index (χ3v) is 5.39. The monoisotopic (exact) mass is 307 g/mol. The van der Waals surface area contributed by atoms with Gasteiger partial charge in [-0.25, -0.2) is 0 Å². The van der Waals surface area contributed by atoms with Crippen LogP contribution in [0.15, 0.2) is 54.6 Å². The number of carbonyl (C=O) groups is 1. The molecule has 2 aromatic rings. The highest BCUT2D eigenvalue weighted by Crippen LogP contribution is 2.51. The van der Waals surface area contributed by atoms with Crippen LogP contribution in [0.1, 0.15) is 24.0 Å². The van der Waals surface area contributed by atoms with E-state index in [1.807, 2.05) is 24.3 Å². The van der Waals surface area contributed by atoms with Crippen LogP contribution in [0.5, 0.6) is 0 Å². The standard InChI is InChI=1S/C20H21NO2/c1-23-19(22)20(14-15-8-3-2-4-9-15)16-10-5-6-11-17(16)21-13-7-12-18(20)21/h2-6,8-11,18H,7,12-14H2,1H3/t18-,20+/m0/s1. The molecule has 1 fully saturated rings. The maximum Gasteiger partial charge on any atom is 0.318 e. The first-order chi connectivity index (χ1) is 11.3. The Labute approximate surface area is 136 Å². The minimum atomic E-state index is -0.594. The first-order valence-corrected chi connectivity index (χ1v) is 8.26. The number of anilines is 1. The molecule has 0 amide bonds. The van der Waals surface area contributed by atoms with Crippen molar-refractivity contribution >= 4 is 11.7 Å². The minimum absolute atomic E-state index is 0.108.